The van der Waals surface area contributed by atoms with E-state index < -0.39 is 0 Å². The zero-order chi connectivity index (χ0) is 11.3. The maximum absolute atomic E-state index is 10.8. The molecule has 1 rings (SSSR count). The van der Waals surface area contributed by atoms with Crippen molar-refractivity contribution in [3.63, 3.8) is 0 Å². The molecule has 0 saturated carbocycles. The predicted molar refractivity (Wildman–Crippen MR) is 62.9 cm³/mol. The highest BCUT2D eigenvalue weighted by Gasteiger charge is 2.02. The average molecular weight is 226 g/mol. The average Bonchev–Trinajstić information content (AvgIpc) is 2.18. The number of nitrogens with one attached hydrogen (secondary N) is 1. The van der Waals surface area contributed by atoms with Gasteiger partial charge in [0.1, 0.15) is 0 Å². The van der Waals surface area contributed by atoms with Crippen molar-refractivity contribution in [1.82, 2.24) is 0 Å². The third-order valence-electron chi connectivity index (χ3n) is 1.68. The number of carbonyl (C=O) groups excluding carboxylic acids is 1. The number of anilines is 2. The molecule has 0 bridgehead atoms. The van der Waals surface area contributed by atoms with Crippen LogP contribution in [-0.4, -0.2) is 19.0 Å². The zero-order valence-corrected chi connectivity index (χ0v) is 9.56. The van der Waals surface area contributed by atoms with Crippen LogP contribution in [0.3, 0.4) is 0 Å². The van der Waals surface area contributed by atoms with Crippen molar-refractivity contribution in [3.8, 4) is 0 Å². The Hall–Kier alpha value is -1.20. The molecule has 0 aliphatic heterocycles. The van der Waals surface area contributed by atoms with Gasteiger partial charge < -0.3 is 15.8 Å². The Bertz CT molecular complexity index is 355. The first-order valence-electron chi connectivity index (χ1n) is 4.42. The van der Waals surface area contributed by atoms with E-state index in [-0.39, 0.29) is 5.91 Å². The van der Waals surface area contributed by atoms with Crippen LogP contribution in [0.5, 0.6) is 0 Å². The van der Waals surface area contributed by atoms with Crippen LogP contribution in [0.1, 0.15) is 6.92 Å². The fraction of sp³-hybridized carbons (Fsp3) is 0.300. The van der Waals surface area contributed by atoms with Crippen molar-refractivity contribution < 1.29 is 9.53 Å². The van der Waals surface area contributed by atoms with Gasteiger partial charge in [-0.25, -0.2) is 0 Å². The number of benzene rings is 1. The van der Waals surface area contributed by atoms with Gasteiger partial charge in [0.15, 0.2) is 0 Å². The summed E-state index contributed by atoms with van der Waals surface area (Å²) in [5.41, 5.74) is 6.98. The van der Waals surface area contributed by atoms with Gasteiger partial charge in [-0.2, -0.15) is 0 Å². The zero-order valence-electron chi connectivity index (χ0n) is 8.74. The molecule has 15 heavy (non-hydrogen) atoms. The standard InChI is InChI=1S/C10H14N2O2S/c1-7(13)12-10-4-3-8(5-9(10)11)15-6-14-2/h3-5H,6,11H2,1-2H3,(H,12,13). The van der Waals surface area contributed by atoms with Gasteiger partial charge in [-0.15, -0.1) is 0 Å². The molecular weight excluding hydrogens is 212 g/mol. The SMILES string of the molecule is COCSc1ccc(NC(C)=O)c(N)c1. The number of nitrogens with two attached hydrogens (primary N) is 1. The van der Waals surface area contributed by atoms with E-state index in [1.165, 1.54) is 6.92 Å². The summed E-state index contributed by atoms with van der Waals surface area (Å²) >= 11 is 1.55. The summed E-state index contributed by atoms with van der Waals surface area (Å²) in [4.78, 5) is 11.8. The molecule has 0 aliphatic carbocycles. The molecule has 1 aromatic carbocycles. The first-order valence-corrected chi connectivity index (χ1v) is 5.41. The number of hydrogen-bond acceptors (Lipinski definition) is 4. The minimum absolute atomic E-state index is 0.126. The molecule has 0 atom stereocenters. The van der Waals surface area contributed by atoms with E-state index in [9.17, 15) is 4.79 Å². The van der Waals surface area contributed by atoms with Crippen LogP contribution < -0.4 is 11.1 Å². The largest absolute Gasteiger partial charge is 0.397 e. The van der Waals surface area contributed by atoms with Crippen molar-refractivity contribution in [2.24, 2.45) is 0 Å². The van der Waals surface area contributed by atoms with Crippen LogP contribution in [0, 0.1) is 0 Å². The Morgan fingerprint density at radius 2 is 2.33 bits per heavy atom. The maximum atomic E-state index is 10.8. The summed E-state index contributed by atoms with van der Waals surface area (Å²) in [5.74, 6) is 0.456. The maximum Gasteiger partial charge on any atom is 0.221 e. The molecule has 0 heterocycles. The summed E-state index contributed by atoms with van der Waals surface area (Å²) in [7, 11) is 1.64. The Kier molecular flexibility index (Phi) is 4.45. The molecular formula is C10H14N2O2S. The van der Waals surface area contributed by atoms with E-state index >= 15 is 0 Å². The lowest BCUT2D eigenvalue weighted by Crippen LogP contribution is -2.07. The lowest BCUT2D eigenvalue weighted by Gasteiger charge is -2.07. The van der Waals surface area contributed by atoms with Crippen LogP contribution in [0.2, 0.25) is 0 Å². The Morgan fingerprint density at radius 1 is 1.60 bits per heavy atom. The summed E-state index contributed by atoms with van der Waals surface area (Å²) in [6.07, 6.45) is 0. The van der Waals surface area contributed by atoms with Crippen LogP contribution in [0.15, 0.2) is 23.1 Å². The monoisotopic (exact) mass is 226 g/mol. The van der Waals surface area contributed by atoms with Crippen LogP contribution in [0.4, 0.5) is 11.4 Å². The molecule has 3 N–H and O–H groups in total. The second-order valence-corrected chi connectivity index (χ2v) is 3.98. The summed E-state index contributed by atoms with van der Waals surface area (Å²) in [6, 6.07) is 5.50. The van der Waals surface area contributed by atoms with Crippen molar-refractivity contribution in [2.45, 2.75) is 11.8 Å². The van der Waals surface area contributed by atoms with Crippen LogP contribution in [-0.2, 0) is 9.53 Å². The number of rotatable bonds is 4. The van der Waals surface area contributed by atoms with E-state index in [0.29, 0.717) is 17.3 Å². The van der Waals surface area contributed by atoms with Crippen molar-refractivity contribution in [2.75, 3.05) is 24.1 Å². The Morgan fingerprint density at radius 3 is 2.87 bits per heavy atom. The fourth-order valence-corrected chi connectivity index (χ4v) is 1.69. The minimum Gasteiger partial charge on any atom is -0.397 e. The number of hydrogen-bond donors (Lipinski definition) is 2. The summed E-state index contributed by atoms with van der Waals surface area (Å²) in [6.45, 7) is 1.45. The van der Waals surface area contributed by atoms with Crippen LogP contribution in [0.25, 0.3) is 0 Å². The second kappa shape index (κ2) is 5.63. The fourth-order valence-electron chi connectivity index (χ4n) is 1.06. The lowest BCUT2D eigenvalue weighted by atomic mass is 10.2. The molecule has 5 heteroatoms. The number of methoxy groups -OCH3 is 1. The molecule has 1 amide bonds. The summed E-state index contributed by atoms with van der Waals surface area (Å²) in [5, 5.41) is 2.65. The predicted octanol–water partition coefficient (Wildman–Crippen LogP) is 1.92. The minimum atomic E-state index is -0.126. The highest BCUT2D eigenvalue weighted by Crippen LogP contribution is 2.26. The van der Waals surface area contributed by atoms with Crippen molar-refractivity contribution >= 4 is 29.0 Å². The van der Waals surface area contributed by atoms with Gasteiger partial charge in [-0.3, -0.25) is 4.79 Å². The van der Waals surface area contributed by atoms with E-state index in [0.717, 1.165) is 4.90 Å². The van der Waals surface area contributed by atoms with E-state index in [1.807, 2.05) is 12.1 Å². The second-order valence-electron chi connectivity index (χ2n) is 2.98. The Balaban J connectivity index is 2.74. The smallest absolute Gasteiger partial charge is 0.221 e. The molecule has 4 nitrogen and oxygen atoms in total. The molecule has 0 aliphatic rings. The molecule has 1 aromatic rings. The molecule has 0 spiro atoms. The molecule has 0 unspecified atom stereocenters. The number of carbonyl (C=O) groups is 1. The van der Waals surface area contributed by atoms with Gasteiger partial charge in [0.25, 0.3) is 0 Å². The Labute approximate surface area is 93.2 Å². The first-order chi connectivity index (χ1) is 7.13. The van der Waals surface area contributed by atoms with Gasteiger partial charge >= 0.3 is 0 Å². The van der Waals surface area contributed by atoms with Crippen molar-refractivity contribution in [1.29, 1.82) is 0 Å². The molecule has 0 aromatic heterocycles. The van der Waals surface area contributed by atoms with Gasteiger partial charge in [-0.1, -0.05) is 11.8 Å². The van der Waals surface area contributed by atoms with Gasteiger partial charge in [-0.05, 0) is 18.2 Å². The number of thioether (sulfide) groups is 1. The number of nitrogen functional groups attached to an aromatic ring is 1. The summed E-state index contributed by atoms with van der Waals surface area (Å²) < 4.78 is 4.93. The highest BCUT2D eigenvalue weighted by molar-refractivity contribution is 7.99. The normalized spacial score (nSPS) is 10.0. The lowest BCUT2D eigenvalue weighted by molar-refractivity contribution is -0.114. The molecule has 82 valence electrons. The van der Waals surface area contributed by atoms with E-state index in [2.05, 4.69) is 5.32 Å². The van der Waals surface area contributed by atoms with Gasteiger partial charge in [0, 0.05) is 18.9 Å². The topological polar surface area (TPSA) is 64.3 Å². The number of amides is 1. The highest BCUT2D eigenvalue weighted by atomic mass is 32.2. The molecule has 0 radical (unpaired) electrons. The molecule has 0 fully saturated rings. The van der Waals surface area contributed by atoms with E-state index in [4.69, 9.17) is 10.5 Å². The third-order valence-corrected chi connectivity index (χ3v) is 2.62. The quantitative estimate of drug-likeness (QED) is 0.468. The van der Waals surface area contributed by atoms with Crippen LogP contribution >= 0.6 is 11.8 Å². The van der Waals surface area contributed by atoms with Crippen molar-refractivity contribution in [3.05, 3.63) is 18.2 Å². The van der Waals surface area contributed by atoms with Gasteiger partial charge in [0.05, 0.1) is 17.3 Å². The first kappa shape index (κ1) is 11.9. The molecule has 0 saturated heterocycles. The van der Waals surface area contributed by atoms with Gasteiger partial charge in [0.2, 0.25) is 5.91 Å². The third kappa shape index (κ3) is 3.81. The number of ether oxygens (including phenoxy) is 1. The van der Waals surface area contributed by atoms with E-state index in [1.54, 1.807) is 24.9 Å².